The van der Waals surface area contributed by atoms with E-state index in [1.54, 1.807) is 18.5 Å². The fourth-order valence-electron chi connectivity index (χ4n) is 3.78. The summed E-state index contributed by atoms with van der Waals surface area (Å²) in [5.74, 6) is 1.01. The number of nitrogens with zero attached hydrogens (tertiary/aromatic N) is 3. The number of rotatable bonds is 6. The van der Waals surface area contributed by atoms with Gasteiger partial charge in [-0.15, -0.1) is 0 Å². The van der Waals surface area contributed by atoms with Crippen LogP contribution in [0.4, 0.5) is 19.0 Å². The zero-order valence-electron chi connectivity index (χ0n) is 17.8. The van der Waals surface area contributed by atoms with E-state index in [9.17, 15) is 18.0 Å². The lowest BCUT2D eigenvalue weighted by Crippen LogP contribution is -2.43. The maximum Gasteiger partial charge on any atom is 0.416 e. The second-order valence-corrected chi connectivity index (χ2v) is 7.80. The van der Waals surface area contributed by atoms with Crippen molar-refractivity contribution < 1.29 is 22.7 Å². The molecule has 1 aliphatic rings. The van der Waals surface area contributed by atoms with Crippen LogP contribution in [0.5, 0.6) is 11.6 Å². The van der Waals surface area contributed by atoms with Crippen LogP contribution in [-0.2, 0) is 17.5 Å². The van der Waals surface area contributed by atoms with Gasteiger partial charge in [-0.2, -0.15) is 13.2 Å². The van der Waals surface area contributed by atoms with Crippen LogP contribution in [0, 0.1) is 5.92 Å². The van der Waals surface area contributed by atoms with Crippen molar-refractivity contribution >= 4 is 11.7 Å². The number of nitrogens with one attached hydrogen (secondary N) is 1. The number of carbonyl (C=O) groups is 1. The highest BCUT2D eigenvalue weighted by Gasteiger charge is 2.31. The van der Waals surface area contributed by atoms with Crippen molar-refractivity contribution in [1.29, 1.82) is 0 Å². The van der Waals surface area contributed by atoms with E-state index in [-0.39, 0.29) is 18.4 Å². The Morgan fingerprint density at radius 2 is 1.88 bits per heavy atom. The van der Waals surface area contributed by atoms with Crippen LogP contribution >= 0.6 is 0 Å². The van der Waals surface area contributed by atoms with Gasteiger partial charge in [0.2, 0.25) is 5.91 Å². The third kappa shape index (κ3) is 5.79. The van der Waals surface area contributed by atoms with Crippen molar-refractivity contribution in [2.75, 3.05) is 18.0 Å². The summed E-state index contributed by atoms with van der Waals surface area (Å²) in [5.41, 5.74) is -0.329. The molecule has 1 atom stereocenters. The smallest absolute Gasteiger partial charge is 0.416 e. The first-order valence-electron chi connectivity index (χ1n) is 10.6. The minimum Gasteiger partial charge on any atom is -0.436 e. The van der Waals surface area contributed by atoms with Gasteiger partial charge in [0.1, 0.15) is 5.75 Å². The van der Waals surface area contributed by atoms with Crippen LogP contribution in [-0.4, -0.2) is 29.0 Å². The van der Waals surface area contributed by atoms with Crippen molar-refractivity contribution in [3.05, 3.63) is 78.1 Å². The first kappa shape index (κ1) is 22.6. The fraction of sp³-hybridized carbons (Fsp3) is 0.292. The molecule has 33 heavy (non-hydrogen) atoms. The summed E-state index contributed by atoms with van der Waals surface area (Å²) in [4.78, 5) is 23.5. The normalized spacial score (nSPS) is 16.3. The molecule has 6 nitrogen and oxygen atoms in total. The number of piperidine rings is 1. The molecular weight excluding hydrogens is 433 g/mol. The number of hydrogen-bond donors (Lipinski definition) is 1. The minimum atomic E-state index is -4.42. The first-order valence-corrected chi connectivity index (χ1v) is 10.6. The van der Waals surface area contributed by atoms with E-state index in [1.165, 1.54) is 6.07 Å². The van der Waals surface area contributed by atoms with Gasteiger partial charge in [0.05, 0.1) is 11.5 Å². The molecule has 3 aromatic rings. The van der Waals surface area contributed by atoms with Gasteiger partial charge in [0.25, 0.3) is 5.88 Å². The van der Waals surface area contributed by atoms with E-state index in [2.05, 4.69) is 15.3 Å². The van der Waals surface area contributed by atoms with E-state index in [0.717, 1.165) is 18.6 Å². The van der Waals surface area contributed by atoms with Crippen LogP contribution in [0.1, 0.15) is 24.0 Å². The molecule has 1 saturated heterocycles. The third-order valence-electron chi connectivity index (χ3n) is 5.42. The molecule has 2 heterocycles. The van der Waals surface area contributed by atoms with E-state index in [1.807, 2.05) is 35.2 Å². The molecule has 0 saturated carbocycles. The molecule has 1 amide bonds. The molecule has 1 aromatic heterocycles. The molecule has 9 heteroatoms. The molecular formula is C24H23F3N4O2. The monoisotopic (exact) mass is 456 g/mol. The van der Waals surface area contributed by atoms with Crippen LogP contribution < -0.4 is 15.0 Å². The Balaban J connectivity index is 1.40. The summed E-state index contributed by atoms with van der Waals surface area (Å²) in [6.45, 7) is 1.15. The lowest BCUT2D eigenvalue weighted by atomic mass is 9.97. The molecule has 2 aromatic carbocycles. The Morgan fingerprint density at radius 3 is 2.67 bits per heavy atom. The summed E-state index contributed by atoms with van der Waals surface area (Å²) >= 11 is 0. The molecule has 4 rings (SSSR count). The lowest BCUT2D eigenvalue weighted by molar-refractivity contribution is -0.137. The summed E-state index contributed by atoms with van der Waals surface area (Å²) in [6.07, 6.45) is 0.151. The number of amides is 1. The molecule has 0 aliphatic carbocycles. The van der Waals surface area contributed by atoms with Gasteiger partial charge in [-0.1, -0.05) is 30.3 Å². The standard InChI is InChI=1S/C24H23F3N4O2/c25-24(26,27)19-8-4-6-17(14-19)15-30-22(32)18-7-5-13-31(16-18)21-23(29-12-11-28-21)33-20-9-2-1-3-10-20/h1-4,6,8-12,14,18H,5,7,13,15-16H2,(H,30,32)/t18-/m0/s1. The maximum atomic E-state index is 12.9. The molecule has 1 N–H and O–H groups in total. The minimum absolute atomic E-state index is 0.0345. The topological polar surface area (TPSA) is 67.4 Å². The van der Waals surface area contributed by atoms with Gasteiger partial charge >= 0.3 is 6.18 Å². The average Bonchev–Trinajstić information content (AvgIpc) is 2.83. The number of para-hydroxylation sites is 1. The lowest BCUT2D eigenvalue weighted by Gasteiger charge is -2.33. The van der Waals surface area contributed by atoms with Crippen molar-refractivity contribution in [3.63, 3.8) is 0 Å². The molecule has 0 unspecified atom stereocenters. The van der Waals surface area contributed by atoms with Gasteiger partial charge in [0.15, 0.2) is 5.82 Å². The number of halogens is 3. The van der Waals surface area contributed by atoms with Gasteiger partial charge in [-0.05, 0) is 42.7 Å². The second kappa shape index (κ2) is 9.89. The Kier molecular flexibility index (Phi) is 6.76. The van der Waals surface area contributed by atoms with Crippen LogP contribution in [0.15, 0.2) is 67.0 Å². The number of aromatic nitrogens is 2. The van der Waals surface area contributed by atoms with Crippen LogP contribution in [0.2, 0.25) is 0 Å². The molecule has 0 radical (unpaired) electrons. The maximum absolute atomic E-state index is 12.9. The number of anilines is 1. The van der Waals surface area contributed by atoms with Crippen molar-refractivity contribution in [2.24, 2.45) is 5.92 Å². The Hall–Kier alpha value is -3.62. The number of carbonyl (C=O) groups excluding carboxylic acids is 1. The largest absolute Gasteiger partial charge is 0.436 e. The molecule has 1 fully saturated rings. The van der Waals surface area contributed by atoms with E-state index < -0.39 is 11.7 Å². The zero-order valence-corrected chi connectivity index (χ0v) is 17.8. The summed E-state index contributed by atoms with van der Waals surface area (Å²) < 4.78 is 44.6. The predicted octanol–water partition coefficient (Wildman–Crippen LogP) is 4.82. The number of benzene rings is 2. The highest BCUT2D eigenvalue weighted by Crippen LogP contribution is 2.31. The summed E-state index contributed by atoms with van der Waals surface area (Å²) in [7, 11) is 0. The third-order valence-corrected chi connectivity index (χ3v) is 5.42. The molecule has 0 spiro atoms. The van der Waals surface area contributed by atoms with Crippen molar-refractivity contribution in [3.8, 4) is 11.6 Å². The average molecular weight is 456 g/mol. The quantitative estimate of drug-likeness (QED) is 0.576. The molecule has 172 valence electrons. The number of hydrogen-bond acceptors (Lipinski definition) is 5. The molecule has 1 aliphatic heterocycles. The number of ether oxygens (including phenoxy) is 1. The predicted molar refractivity (Wildman–Crippen MR) is 117 cm³/mol. The Bertz CT molecular complexity index is 1090. The summed E-state index contributed by atoms with van der Waals surface area (Å²) in [6, 6.07) is 14.2. The van der Waals surface area contributed by atoms with Gasteiger partial charge in [-0.3, -0.25) is 4.79 Å². The van der Waals surface area contributed by atoms with Gasteiger partial charge in [-0.25, -0.2) is 9.97 Å². The first-order chi connectivity index (χ1) is 15.9. The number of alkyl halides is 3. The van der Waals surface area contributed by atoms with E-state index in [0.29, 0.717) is 42.5 Å². The van der Waals surface area contributed by atoms with Crippen LogP contribution in [0.25, 0.3) is 0 Å². The van der Waals surface area contributed by atoms with Gasteiger partial charge < -0.3 is 15.0 Å². The zero-order chi connectivity index (χ0) is 23.3. The Labute approximate surface area is 189 Å². The Morgan fingerprint density at radius 1 is 1.09 bits per heavy atom. The van der Waals surface area contributed by atoms with E-state index in [4.69, 9.17) is 4.74 Å². The fourth-order valence-corrected chi connectivity index (χ4v) is 3.78. The van der Waals surface area contributed by atoms with Gasteiger partial charge in [0, 0.05) is 32.0 Å². The van der Waals surface area contributed by atoms with E-state index >= 15 is 0 Å². The summed E-state index contributed by atoms with van der Waals surface area (Å²) in [5, 5.41) is 2.77. The SMILES string of the molecule is O=C(NCc1cccc(C(F)(F)F)c1)[C@H]1CCCN(c2nccnc2Oc2ccccc2)C1. The van der Waals surface area contributed by atoms with Crippen molar-refractivity contribution in [2.45, 2.75) is 25.6 Å². The molecule has 0 bridgehead atoms. The second-order valence-electron chi connectivity index (χ2n) is 7.80. The highest BCUT2D eigenvalue weighted by atomic mass is 19.4. The van der Waals surface area contributed by atoms with Crippen LogP contribution in [0.3, 0.4) is 0 Å². The highest BCUT2D eigenvalue weighted by molar-refractivity contribution is 5.79. The van der Waals surface area contributed by atoms with Crippen molar-refractivity contribution in [1.82, 2.24) is 15.3 Å².